The van der Waals surface area contributed by atoms with Gasteiger partial charge in [-0.2, -0.15) is 0 Å². The summed E-state index contributed by atoms with van der Waals surface area (Å²) in [6.07, 6.45) is 0. The molecule has 1 aromatic heterocycles. The van der Waals surface area contributed by atoms with Crippen molar-refractivity contribution < 1.29 is 0 Å². The Labute approximate surface area is 344 Å². The van der Waals surface area contributed by atoms with Crippen molar-refractivity contribution in [3.63, 3.8) is 0 Å². The molecule has 9 aromatic carbocycles. The van der Waals surface area contributed by atoms with E-state index in [2.05, 4.69) is 244 Å². The Balaban J connectivity index is 1.18. The van der Waals surface area contributed by atoms with Crippen molar-refractivity contribution in [2.75, 3.05) is 14.7 Å². The fraction of sp³-hybridized carbons (Fsp3) is 0. The number of hydrogen-bond acceptors (Lipinski definition) is 3. The third-order valence-corrected chi connectivity index (χ3v) is 12.1. The maximum atomic E-state index is 2.53. The van der Waals surface area contributed by atoms with Crippen molar-refractivity contribution in [3.05, 3.63) is 224 Å². The number of fused-ring (bicyclic) bond motifs is 8. The molecule has 2 aliphatic rings. The fourth-order valence-electron chi connectivity index (χ4n) is 9.75. The number of benzene rings is 9. The molecule has 0 fully saturated rings. The van der Waals surface area contributed by atoms with Gasteiger partial charge in [0.25, 0.3) is 6.71 Å². The van der Waals surface area contributed by atoms with Gasteiger partial charge in [-0.25, -0.2) is 0 Å². The minimum Gasteiger partial charge on any atom is -0.311 e. The number of rotatable bonds is 6. The second kappa shape index (κ2) is 13.4. The standard InChI is InChI=1S/C54H37BN4/c1-6-19-38(20-7-1)56(39-21-8-2-9-22-39)43-33-34-45-51(37-43)58(41-25-12-4-13-26-41)49-31-18-32-50-53(49)55(45)46-35-36-48-52(54(46)59(50)42-27-14-5-15-28-42)44-29-16-17-30-47(44)57(48)40-23-10-3-11-24-40/h1-37H. The lowest BCUT2D eigenvalue weighted by Gasteiger charge is -2.44. The maximum Gasteiger partial charge on any atom is 0.252 e. The molecule has 276 valence electrons. The molecule has 0 saturated carbocycles. The van der Waals surface area contributed by atoms with E-state index in [9.17, 15) is 0 Å². The van der Waals surface area contributed by atoms with Crippen molar-refractivity contribution in [2.24, 2.45) is 0 Å². The van der Waals surface area contributed by atoms with E-state index in [0.717, 1.165) is 34.1 Å². The smallest absolute Gasteiger partial charge is 0.252 e. The van der Waals surface area contributed by atoms with Gasteiger partial charge >= 0.3 is 0 Å². The summed E-state index contributed by atoms with van der Waals surface area (Å²) in [6.45, 7) is -0.0229. The lowest BCUT2D eigenvalue weighted by molar-refractivity contribution is 1.18. The van der Waals surface area contributed by atoms with Gasteiger partial charge < -0.3 is 19.3 Å². The zero-order valence-corrected chi connectivity index (χ0v) is 32.2. The monoisotopic (exact) mass is 752 g/mol. The van der Waals surface area contributed by atoms with E-state index in [-0.39, 0.29) is 6.71 Å². The van der Waals surface area contributed by atoms with E-state index in [0.29, 0.717) is 0 Å². The fourth-order valence-corrected chi connectivity index (χ4v) is 9.75. The number of hydrogen-bond donors (Lipinski definition) is 0. The highest BCUT2D eigenvalue weighted by Crippen LogP contribution is 2.49. The van der Waals surface area contributed by atoms with Gasteiger partial charge in [-0.15, -0.1) is 0 Å². The van der Waals surface area contributed by atoms with Crippen molar-refractivity contribution in [3.8, 4) is 5.69 Å². The maximum absolute atomic E-state index is 2.53. The van der Waals surface area contributed by atoms with E-state index >= 15 is 0 Å². The summed E-state index contributed by atoms with van der Waals surface area (Å²) in [7, 11) is 0. The molecule has 0 amide bonds. The van der Waals surface area contributed by atoms with Crippen LogP contribution in [0.5, 0.6) is 0 Å². The van der Waals surface area contributed by atoms with Gasteiger partial charge in [0.05, 0.1) is 16.7 Å². The molecule has 59 heavy (non-hydrogen) atoms. The molecule has 0 unspecified atom stereocenters. The van der Waals surface area contributed by atoms with Crippen LogP contribution in [0.15, 0.2) is 224 Å². The molecular formula is C54H37BN4. The number of para-hydroxylation sites is 6. The zero-order chi connectivity index (χ0) is 38.9. The summed E-state index contributed by atoms with van der Waals surface area (Å²) in [4.78, 5) is 7.38. The molecule has 0 atom stereocenters. The Bertz CT molecular complexity index is 3130. The SMILES string of the molecule is c1ccc(N(c2ccccc2)c2ccc3c(c2)N(c2ccccc2)c2cccc4c2B3c2ccc3c(c2N4c2ccccc2)c2ccccc2n3-c2ccccc2)cc1. The topological polar surface area (TPSA) is 14.7 Å². The second-order valence-electron chi connectivity index (χ2n) is 15.3. The first kappa shape index (κ1) is 33.4. The first-order valence-electron chi connectivity index (χ1n) is 20.3. The van der Waals surface area contributed by atoms with Crippen molar-refractivity contribution >= 4 is 96.1 Å². The summed E-state index contributed by atoms with van der Waals surface area (Å²) >= 11 is 0. The summed E-state index contributed by atoms with van der Waals surface area (Å²) in [5, 5.41) is 2.49. The van der Waals surface area contributed by atoms with Gasteiger partial charge in [0.1, 0.15) is 0 Å². The van der Waals surface area contributed by atoms with Crippen LogP contribution in [0.1, 0.15) is 0 Å². The van der Waals surface area contributed by atoms with Gasteiger partial charge in [0, 0.05) is 62.0 Å². The average Bonchev–Trinajstić information content (AvgIpc) is 3.65. The molecule has 5 heteroatoms. The third kappa shape index (κ3) is 5.11. The lowest BCUT2D eigenvalue weighted by Crippen LogP contribution is -2.61. The van der Waals surface area contributed by atoms with Crippen LogP contribution >= 0.6 is 0 Å². The highest BCUT2D eigenvalue weighted by atomic mass is 15.2. The quantitative estimate of drug-likeness (QED) is 0.157. The Morgan fingerprint density at radius 3 is 1.53 bits per heavy atom. The molecule has 10 aromatic rings. The van der Waals surface area contributed by atoms with Gasteiger partial charge in [0.2, 0.25) is 0 Å². The van der Waals surface area contributed by atoms with Gasteiger partial charge in [0.15, 0.2) is 0 Å². The summed E-state index contributed by atoms with van der Waals surface area (Å²) in [6, 6.07) is 81.6. The molecule has 0 spiro atoms. The Kier molecular flexibility index (Phi) is 7.60. The van der Waals surface area contributed by atoms with Gasteiger partial charge in [-0.3, -0.25) is 0 Å². The predicted octanol–water partition coefficient (Wildman–Crippen LogP) is 12.3. The van der Waals surface area contributed by atoms with Crippen LogP contribution in [-0.4, -0.2) is 11.3 Å². The van der Waals surface area contributed by atoms with Crippen LogP contribution in [-0.2, 0) is 0 Å². The summed E-state index contributed by atoms with van der Waals surface area (Å²) in [5.41, 5.74) is 17.8. The summed E-state index contributed by atoms with van der Waals surface area (Å²) < 4.78 is 2.43. The van der Waals surface area contributed by atoms with Gasteiger partial charge in [-0.05, 0) is 113 Å². The molecule has 0 aliphatic carbocycles. The minimum atomic E-state index is -0.0229. The molecule has 0 radical (unpaired) electrons. The molecule has 0 bridgehead atoms. The largest absolute Gasteiger partial charge is 0.311 e. The highest BCUT2D eigenvalue weighted by Gasteiger charge is 2.44. The van der Waals surface area contributed by atoms with Crippen LogP contribution < -0.4 is 31.1 Å². The third-order valence-electron chi connectivity index (χ3n) is 12.1. The van der Waals surface area contributed by atoms with E-state index in [4.69, 9.17) is 0 Å². The van der Waals surface area contributed by atoms with E-state index in [1.165, 1.54) is 60.9 Å². The number of aromatic nitrogens is 1. The minimum absolute atomic E-state index is 0.0229. The van der Waals surface area contributed by atoms with Crippen molar-refractivity contribution in [1.29, 1.82) is 0 Å². The molecule has 3 heterocycles. The predicted molar refractivity (Wildman–Crippen MR) is 249 cm³/mol. The lowest BCUT2D eigenvalue weighted by atomic mass is 9.33. The number of nitrogens with zero attached hydrogens (tertiary/aromatic N) is 4. The molecule has 0 N–H and O–H groups in total. The highest BCUT2D eigenvalue weighted by molar-refractivity contribution is 7.00. The molecular weight excluding hydrogens is 715 g/mol. The molecule has 12 rings (SSSR count). The molecule has 4 nitrogen and oxygen atoms in total. The van der Waals surface area contributed by atoms with E-state index in [1.807, 2.05) is 0 Å². The average molecular weight is 753 g/mol. The Morgan fingerprint density at radius 2 is 0.881 bits per heavy atom. The van der Waals surface area contributed by atoms with Crippen LogP contribution in [0, 0.1) is 0 Å². The first-order valence-corrected chi connectivity index (χ1v) is 20.3. The van der Waals surface area contributed by atoms with Crippen molar-refractivity contribution in [1.82, 2.24) is 4.57 Å². The second-order valence-corrected chi connectivity index (χ2v) is 15.3. The van der Waals surface area contributed by atoms with Gasteiger partial charge in [-0.1, -0.05) is 127 Å². The van der Waals surface area contributed by atoms with Crippen LogP contribution in [0.4, 0.5) is 51.2 Å². The van der Waals surface area contributed by atoms with Crippen LogP contribution in [0.3, 0.4) is 0 Å². The first-order chi connectivity index (χ1) is 29.3. The normalized spacial score (nSPS) is 12.6. The molecule has 0 saturated heterocycles. The zero-order valence-electron chi connectivity index (χ0n) is 32.2. The number of anilines is 9. The Hall–Kier alpha value is -7.76. The Morgan fingerprint density at radius 1 is 0.356 bits per heavy atom. The van der Waals surface area contributed by atoms with Crippen molar-refractivity contribution in [2.45, 2.75) is 0 Å². The van der Waals surface area contributed by atoms with E-state index < -0.39 is 0 Å². The van der Waals surface area contributed by atoms with Crippen LogP contribution in [0.2, 0.25) is 0 Å². The van der Waals surface area contributed by atoms with Crippen LogP contribution in [0.25, 0.3) is 27.5 Å². The summed E-state index contributed by atoms with van der Waals surface area (Å²) in [5.74, 6) is 0. The van der Waals surface area contributed by atoms with E-state index in [1.54, 1.807) is 0 Å². The molecule has 2 aliphatic heterocycles.